The van der Waals surface area contributed by atoms with Crippen molar-refractivity contribution in [3.05, 3.63) is 54.9 Å². The molecule has 0 bridgehead atoms. The van der Waals surface area contributed by atoms with Crippen molar-refractivity contribution in [2.24, 2.45) is 0 Å². The van der Waals surface area contributed by atoms with Crippen LogP contribution in [0.4, 0.5) is 0 Å². The van der Waals surface area contributed by atoms with Crippen LogP contribution in [-0.2, 0) is 0 Å². The van der Waals surface area contributed by atoms with E-state index in [1.165, 1.54) is 0 Å². The summed E-state index contributed by atoms with van der Waals surface area (Å²) in [7, 11) is 0. The number of hydrogen-bond acceptors (Lipinski definition) is 4. The first-order valence-corrected chi connectivity index (χ1v) is 5.49. The molecule has 0 aliphatic carbocycles. The largest absolute Gasteiger partial charge is 0.508 e. The van der Waals surface area contributed by atoms with E-state index in [1.807, 2.05) is 24.3 Å². The van der Waals surface area contributed by atoms with Crippen LogP contribution in [-0.4, -0.2) is 15.1 Å². The van der Waals surface area contributed by atoms with E-state index >= 15 is 0 Å². The number of hydrogen-bond donors (Lipinski definition) is 1. The van der Waals surface area contributed by atoms with Crippen LogP contribution in [0.3, 0.4) is 0 Å². The van der Waals surface area contributed by atoms with Crippen molar-refractivity contribution < 1.29 is 9.52 Å². The Morgan fingerprint density at radius 2 is 1.94 bits per heavy atom. The lowest BCUT2D eigenvalue weighted by Crippen LogP contribution is -1.82. The molecule has 4 nitrogen and oxygen atoms in total. The van der Waals surface area contributed by atoms with Gasteiger partial charge in [0, 0.05) is 11.8 Å². The molecule has 4 heteroatoms. The molecule has 2 heterocycles. The fraction of sp³-hybridized carbons (Fsp3) is 0. The zero-order chi connectivity index (χ0) is 12.4. The van der Waals surface area contributed by atoms with Gasteiger partial charge in [0.2, 0.25) is 5.89 Å². The summed E-state index contributed by atoms with van der Waals surface area (Å²) in [5, 5.41) is 9.42. The molecule has 3 aromatic rings. The Bertz CT molecular complexity index is 662. The zero-order valence-corrected chi connectivity index (χ0v) is 9.45. The molecule has 0 radical (unpaired) electrons. The van der Waals surface area contributed by atoms with Gasteiger partial charge in [-0.05, 0) is 30.3 Å². The Balaban J connectivity index is 2.00. The lowest BCUT2D eigenvalue weighted by molar-refractivity contribution is 0.475. The van der Waals surface area contributed by atoms with Crippen molar-refractivity contribution in [2.45, 2.75) is 0 Å². The highest BCUT2D eigenvalue weighted by Crippen LogP contribution is 2.25. The van der Waals surface area contributed by atoms with Crippen LogP contribution in [0.2, 0.25) is 0 Å². The van der Waals surface area contributed by atoms with E-state index in [0.29, 0.717) is 11.6 Å². The van der Waals surface area contributed by atoms with E-state index in [1.54, 1.807) is 30.7 Å². The number of rotatable bonds is 2. The fourth-order valence-electron chi connectivity index (χ4n) is 1.68. The summed E-state index contributed by atoms with van der Waals surface area (Å²) in [4.78, 5) is 8.55. The molecule has 0 atom stereocenters. The van der Waals surface area contributed by atoms with Crippen LogP contribution >= 0.6 is 0 Å². The first-order valence-electron chi connectivity index (χ1n) is 5.49. The van der Waals surface area contributed by atoms with Gasteiger partial charge in [0.05, 0.1) is 5.69 Å². The van der Waals surface area contributed by atoms with Crippen molar-refractivity contribution in [1.82, 2.24) is 9.97 Å². The van der Waals surface area contributed by atoms with Gasteiger partial charge in [-0.3, -0.25) is 4.98 Å². The number of pyridine rings is 1. The fourth-order valence-corrected chi connectivity index (χ4v) is 1.68. The number of phenolic OH excluding ortho intramolecular Hbond substituents is 1. The van der Waals surface area contributed by atoms with Crippen molar-refractivity contribution in [2.75, 3.05) is 0 Å². The molecule has 0 fully saturated rings. The average Bonchev–Trinajstić information content (AvgIpc) is 2.89. The molecule has 0 saturated carbocycles. The molecule has 0 saturated heterocycles. The smallest absolute Gasteiger partial charge is 0.226 e. The maximum Gasteiger partial charge on any atom is 0.226 e. The van der Waals surface area contributed by atoms with E-state index in [0.717, 1.165) is 11.3 Å². The predicted molar refractivity (Wildman–Crippen MR) is 66.8 cm³/mol. The van der Waals surface area contributed by atoms with E-state index < -0.39 is 0 Å². The van der Waals surface area contributed by atoms with Crippen molar-refractivity contribution in [1.29, 1.82) is 0 Å². The normalized spacial score (nSPS) is 10.4. The Morgan fingerprint density at radius 3 is 2.72 bits per heavy atom. The second kappa shape index (κ2) is 4.33. The average molecular weight is 238 g/mol. The van der Waals surface area contributed by atoms with Gasteiger partial charge in [0.15, 0.2) is 0 Å². The zero-order valence-electron chi connectivity index (χ0n) is 9.45. The first kappa shape index (κ1) is 10.5. The van der Waals surface area contributed by atoms with Crippen molar-refractivity contribution in [3.8, 4) is 28.6 Å². The number of nitrogens with zero attached hydrogens (tertiary/aromatic N) is 2. The molecular weight excluding hydrogens is 228 g/mol. The molecular formula is C14H10N2O2. The van der Waals surface area contributed by atoms with E-state index in [-0.39, 0.29) is 5.75 Å². The van der Waals surface area contributed by atoms with Crippen molar-refractivity contribution in [3.63, 3.8) is 0 Å². The van der Waals surface area contributed by atoms with Gasteiger partial charge >= 0.3 is 0 Å². The molecule has 0 aliphatic heterocycles. The highest BCUT2D eigenvalue weighted by Gasteiger charge is 2.09. The highest BCUT2D eigenvalue weighted by molar-refractivity contribution is 5.60. The second-order valence-electron chi connectivity index (χ2n) is 3.80. The highest BCUT2D eigenvalue weighted by atomic mass is 16.3. The third-order valence-corrected chi connectivity index (χ3v) is 2.52. The summed E-state index contributed by atoms with van der Waals surface area (Å²) in [6, 6.07) is 12.4. The van der Waals surface area contributed by atoms with Crippen LogP contribution in [0.5, 0.6) is 5.75 Å². The summed E-state index contributed by atoms with van der Waals surface area (Å²) in [6.45, 7) is 0. The van der Waals surface area contributed by atoms with Gasteiger partial charge in [0.25, 0.3) is 0 Å². The Kier molecular flexibility index (Phi) is 2.53. The van der Waals surface area contributed by atoms with E-state index in [2.05, 4.69) is 9.97 Å². The first-order chi connectivity index (χ1) is 8.83. The third kappa shape index (κ3) is 1.96. The van der Waals surface area contributed by atoms with Gasteiger partial charge in [-0.25, -0.2) is 4.98 Å². The molecule has 2 aromatic heterocycles. The second-order valence-corrected chi connectivity index (χ2v) is 3.80. The summed E-state index contributed by atoms with van der Waals surface area (Å²) in [5.74, 6) is 0.650. The molecule has 18 heavy (non-hydrogen) atoms. The summed E-state index contributed by atoms with van der Waals surface area (Å²) < 4.78 is 5.40. The van der Waals surface area contributed by atoms with Gasteiger partial charge in [0.1, 0.15) is 17.7 Å². The van der Waals surface area contributed by atoms with Gasteiger partial charge < -0.3 is 9.52 Å². The molecule has 0 amide bonds. The van der Waals surface area contributed by atoms with Crippen LogP contribution in [0.25, 0.3) is 22.8 Å². The van der Waals surface area contributed by atoms with Gasteiger partial charge in [-0.1, -0.05) is 12.1 Å². The molecule has 0 unspecified atom stereocenters. The lowest BCUT2D eigenvalue weighted by atomic mass is 10.2. The van der Waals surface area contributed by atoms with Gasteiger partial charge in [-0.2, -0.15) is 0 Å². The minimum absolute atomic E-state index is 0.185. The predicted octanol–water partition coefficient (Wildman–Crippen LogP) is 3.11. The summed E-state index contributed by atoms with van der Waals surface area (Å²) in [6.07, 6.45) is 3.26. The molecule has 0 spiro atoms. The monoisotopic (exact) mass is 238 g/mol. The van der Waals surface area contributed by atoms with Crippen LogP contribution in [0, 0.1) is 0 Å². The Hall–Kier alpha value is -2.62. The lowest BCUT2D eigenvalue weighted by Gasteiger charge is -1.95. The number of aromatic hydroxyl groups is 1. The quantitative estimate of drug-likeness (QED) is 0.745. The standard InChI is InChI=1S/C14H10N2O2/c17-11-5-3-4-10(8-11)14-16-13(9-18-14)12-6-1-2-7-15-12/h1-9,17H. The van der Waals surface area contributed by atoms with Crippen LogP contribution in [0.1, 0.15) is 0 Å². The van der Waals surface area contributed by atoms with Crippen LogP contribution < -0.4 is 0 Å². The minimum atomic E-state index is 0.185. The number of benzene rings is 1. The maximum absolute atomic E-state index is 9.42. The molecule has 1 aromatic carbocycles. The maximum atomic E-state index is 9.42. The van der Waals surface area contributed by atoms with Gasteiger partial charge in [-0.15, -0.1) is 0 Å². The molecule has 0 aliphatic rings. The number of oxazole rings is 1. The third-order valence-electron chi connectivity index (χ3n) is 2.52. The number of aromatic nitrogens is 2. The summed E-state index contributed by atoms with van der Waals surface area (Å²) >= 11 is 0. The number of phenols is 1. The van der Waals surface area contributed by atoms with E-state index in [9.17, 15) is 5.11 Å². The molecule has 3 rings (SSSR count). The summed E-state index contributed by atoms with van der Waals surface area (Å²) in [5.41, 5.74) is 2.17. The SMILES string of the molecule is Oc1cccc(-c2nc(-c3ccccn3)co2)c1. The van der Waals surface area contributed by atoms with E-state index in [4.69, 9.17) is 4.42 Å². The topological polar surface area (TPSA) is 59.2 Å². The molecule has 88 valence electrons. The van der Waals surface area contributed by atoms with Crippen LogP contribution in [0.15, 0.2) is 59.3 Å². The Labute approximate surface area is 104 Å². The van der Waals surface area contributed by atoms with Crippen molar-refractivity contribution >= 4 is 0 Å². The minimum Gasteiger partial charge on any atom is -0.508 e. The Morgan fingerprint density at radius 1 is 1.00 bits per heavy atom. The molecule has 1 N–H and O–H groups in total.